The zero-order chi connectivity index (χ0) is 17.3. The average Bonchev–Trinajstić information content (AvgIpc) is 2.52. The summed E-state index contributed by atoms with van der Waals surface area (Å²) in [6.07, 6.45) is 1.91. The summed E-state index contributed by atoms with van der Waals surface area (Å²) in [6, 6.07) is 9.88. The number of pyridine rings is 1. The minimum absolute atomic E-state index is 0.0200. The SMILES string of the molecule is CC(=O)N[C@]1(C)CCCN(c2cc(C#N)c3cc(Br)ccc3n2)C1. The lowest BCUT2D eigenvalue weighted by atomic mass is 9.91. The number of halogens is 1. The van der Waals surface area contributed by atoms with Gasteiger partial charge in [0.25, 0.3) is 0 Å². The molecule has 1 N–H and O–H groups in total. The number of nitrogens with one attached hydrogen (secondary N) is 1. The van der Waals surface area contributed by atoms with E-state index in [-0.39, 0.29) is 11.4 Å². The fourth-order valence-corrected chi connectivity index (χ4v) is 3.76. The third-order valence-electron chi connectivity index (χ3n) is 4.38. The maximum Gasteiger partial charge on any atom is 0.217 e. The van der Waals surface area contributed by atoms with E-state index in [1.54, 1.807) is 6.92 Å². The van der Waals surface area contributed by atoms with Crippen LogP contribution in [0.5, 0.6) is 0 Å². The zero-order valence-corrected chi connectivity index (χ0v) is 15.4. The van der Waals surface area contributed by atoms with Gasteiger partial charge in [-0.15, -0.1) is 0 Å². The third-order valence-corrected chi connectivity index (χ3v) is 4.87. The average molecular weight is 387 g/mol. The normalized spacial score (nSPS) is 20.7. The van der Waals surface area contributed by atoms with E-state index in [1.807, 2.05) is 24.3 Å². The molecule has 0 saturated carbocycles. The standard InChI is InChI=1S/C18H19BrN4O/c1-12(24)22-18(2)6-3-7-23(11-18)17-8-13(10-20)15-9-14(19)4-5-16(15)21-17/h4-5,8-9H,3,6-7,11H2,1-2H3,(H,22,24)/t18-/m1/s1. The molecule has 2 aromatic rings. The van der Waals surface area contributed by atoms with E-state index in [9.17, 15) is 10.1 Å². The van der Waals surface area contributed by atoms with Crippen molar-refractivity contribution in [2.45, 2.75) is 32.2 Å². The van der Waals surface area contributed by atoms with Gasteiger partial charge in [-0.05, 0) is 44.0 Å². The van der Waals surface area contributed by atoms with Gasteiger partial charge in [0.2, 0.25) is 5.91 Å². The van der Waals surface area contributed by atoms with Crippen molar-refractivity contribution in [2.75, 3.05) is 18.0 Å². The van der Waals surface area contributed by atoms with E-state index >= 15 is 0 Å². The van der Waals surface area contributed by atoms with E-state index in [0.29, 0.717) is 12.1 Å². The highest BCUT2D eigenvalue weighted by atomic mass is 79.9. The van der Waals surface area contributed by atoms with Crippen molar-refractivity contribution in [3.8, 4) is 6.07 Å². The Hall–Kier alpha value is -2.13. The minimum atomic E-state index is -0.271. The predicted octanol–water partition coefficient (Wildman–Crippen LogP) is 3.36. The Morgan fingerprint density at radius 3 is 2.96 bits per heavy atom. The summed E-state index contributed by atoms with van der Waals surface area (Å²) in [5.41, 5.74) is 1.15. The Labute approximate surface area is 149 Å². The maximum atomic E-state index is 11.5. The number of nitriles is 1. The number of aromatic nitrogens is 1. The lowest BCUT2D eigenvalue weighted by Crippen LogP contribution is -2.56. The Kier molecular flexibility index (Phi) is 4.46. The van der Waals surface area contributed by atoms with Crippen molar-refractivity contribution in [1.82, 2.24) is 10.3 Å². The first-order valence-corrected chi connectivity index (χ1v) is 8.74. The van der Waals surface area contributed by atoms with Crippen molar-refractivity contribution >= 4 is 38.6 Å². The molecule has 124 valence electrons. The maximum absolute atomic E-state index is 11.5. The van der Waals surface area contributed by atoms with Gasteiger partial charge in [-0.1, -0.05) is 15.9 Å². The number of anilines is 1. The van der Waals surface area contributed by atoms with Gasteiger partial charge in [-0.2, -0.15) is 5.26 Å². The molecule has 0 spiro atoms. The highest BCUT2D eigenvalue weighted by molar-refractivity contribution is 9.10. The lowest BCUT2D eigenvalue weighted by Gasteiger charge is -2.41. The number of hydrogen-bond acceptors (Lipinski definition) is 4. The van der Waals surface area contributed by atoms with Gasteiger partial charge in [0.1, 0.15) is 5.82 Å². The molecule has 1 aromatic carbocycles. The number of carbonyl (C=O) groups is 1. The summed E-state index contributed by atoms with van der Waals surface area (Å²) in [4.78, 5) is 18.4. The van der Waals surface area contributed by atoms with Crippen LogP contribution in [0.3, 0.4) is 0 Å². The number of benzene rings is 1. The Bertz CT molecular complexity index is 845. The van der Waals surface area contributed by atoms with Crippen LogP contribution in [0.15, 0.2) is 28.7 Å². The minimum Gasteiger partial charge on any atom is -0.354 e. The zero-order valence-electron chi connectivity index (χ0n) is 13.8. The Morgan fingerprint density at radius 1 is 1.46 bits per heavy atom. The summed E-state index contributed by atoms with van der Waals surface area (Å²) in [7, 11) is 0. The molecule has 1 saturated heterocycles. The molecule has 24 heavy (non-hydrogen) atoms. The first kappa shape index (κ1) is 16.7. The summed E-state index contributed by atoms with van der Waals surface area (Å²) >= 11 is 3.44. The molecule has 3 rings (SSSR count). The number of piperidine rings is 1. The van der Waals surface area contributed by atoms with Crippen molar-refractivity contribution < 1.29 is 4.79 Å². The number of carbonyl (C=O) groups excluding carboxylic acids is 1. The molecule has 0 radical (unpaired) electrons. The van der Waals surface area contributed by atoms with Crippen LogP contribution in [0.1, 0.15) is 32.3 Å². The van der Waals surface area contributed by atoms with Crippen LogP contribution in [0, 0.1) is 11.3 Å². The van der Waals surface area contributed by atoms with Gasteiger partial charge in [-0.25, -0.2) is 4.98 Å². The first-order valence-electron chi connectivity index (χ1n) is 7.94. The molecule has 1 atom stereocenters. The van der Waals surface area contributed by atoms with Crippen molar-refractivity contribution in [3.05, 3.63) is 34.3 Å². The van der Waals surface area contributed by atoms with Crippen molar-refractivity contribution in [1.29, 1.82) is 5.26 Å². The second kappa shape index (κ2) is 6.40. The van der Waals surface area contributed by atoms with Crippen LogP contribution in [-0.4, -0.2) is 29.5 Å². The molecule has 1 fully saturated rings. The Balaban J connectivity index is 1.98. The molecule has 0 aliphatic carbocycles. The summed E-state index contributed by atoms with van der Waals surface area (Å²) in [5, 5.41) is 13.4. The van der Waals surface area contributed by atoms with E-state index in [2.05, 4.69) is 39.1 Å². The molecule has 0 unspecified atom stereocenters. The van der Waals surface area contributed by atoms with Crippen LogP contribution in [0.25, 0.3) is 10.9 Å². The molecule has 1 amide bonds. The number of amides is 1. The third kappa shape index (κ3) is 3.36. The summed E-state index contributed by atoms with van der Waals surface area (Å²) < 4.78 is 0.928. The van der Waals surface area contributed by atoms with Crippen LogP contribution in [0.2, 0.25) is 0 Å². The van der Waals surface area contributed by atoms with Gasteiger partial charge < -0.3 is 10.2 Å². The highest BCUT2D eigenvalue weighted by Crippen LogP contribution is 2.29. The molecule has 1 aliphatic heterocycles. The molecule has 2 heterocycles. The van der Waals surface area contributed by atoms with Gasteiger partial charge in [0, 0.05) is 29.9 Å². The fraction of sp³-hybridized carbons (Fsp3) is 0.389. The monoisotopic (exact) mass is 386 g/mol. The van der Waals surface area contributed by atoms with E-state index < -0.39 is 0 Å². The van der Waals surface area contributed by atoms with Gasteiger partial charge in [0.15, 0.2) is 0 Å². The first-order chi connectivity index (χ1) is 11.4. The number of rotatable bonds is 2. The largest absolute Gasteiger partial charge is 0.354 e. The summed E-state index contributed by atoms with van der Waals surface area (Å²) in [5.74, 6) is 0.769. The smallest absolute Gasteiger partial charge is 0.217 e. The summed E-state index contributed by atoms with van der Waals surface area (Å²) in [6.45, 7) is 5.16. The Morgan fingerprint density at radius 2 is 2.25 bits per heavy atom. The number of hydrogen-bond donors (Lipinski definition) is 1. The highest BCUT2D eigenvalue weighted by Gasteiger charge is 2.32. The van der Waals surface area contributed by atoms with Crippen molar-refractivity contribution in [3.63, 3.8) is 0 Å². The van der Waals surface area contributed by atoms with Gasteiger partial charge >= 0.3 is 0 Å². The van der Waals surface area contributed by atoms with E-state index in [4.69, 9.17) is 4.98 Å². The number of nitrogens with zero attached hydrogens (tertiary/aromatic N) is 3. The molecular weight excluding hydrogens is 368 g/mol. The lowest BCUT2D eigenvalue weighted by molar-refractivity contribution is -0.120. The van der Waals surface area contributed by atoms with Crippen LogP contribution in [0.4, 0.5) is 5.82 Å². The molecule has 1 aliphatic rings. The molecular formula is C18H19BrN4O. The van der Waals surface area contributed by atoms with Crippen LogP contribution >= 0.6 is 15.9 Å². The quantitative estimate of drug-likeness (QED) is 0.858. The van der Waals surface area contributed by atoms with E-state index in [0.717, 1.165) is 40.6 Å². The molecule has 0 bridgehead atoms. The van der Waals surface area contributed by atoms with Crippen LogP contribution < -0.4 is 10.2 Å². The molecule has 6 heteroatoms. The molecule has 5 nitrogen and oxygen atoms in total. The van der Waals surface area contributed by atoms with Gasteiger partial charge in [0.05, 0.1) is 22.7 Å². The van der Waals surface area contributed by atoms with Gasteiger partial charge in [-0.3, -0.25) is 4.79 Å². The van der Waals surface area contributed by atoms with Crippen LogP contribution in [-0.2, 0) is 4.79 Å². The second-order valence-corrected chi connectivity index (χ2v) is 7.48. The number of fused-ring (bicyclic) bond motifs is 1. The molecule has 1 aromatic heterocycles. The topological polar surface area (TPSA) is 69.0 Å². The predicted molar refractivity (Wildman–Crippen MR) is 97.8 cm³/mol. The van der Waals surface area contributed by atoms with Crippen molar-refractivity contribution in [2.24, 2.45) is 0 Å². The van der Waals surface area contributed by atoms with E-state index in [1.165, 1.54) is 0 Å². The second-order valence-electron chi connectivity index (χ2n) is 6.57. The fourth-order valence-electron chi connectivity index (χ4n) is 3.40.